The Morgan fingerprint density at radius 2 is 1.95 bits per heavy atom. The van der Waals surface area contributed by atoms with E-state index in [4.69, 9.17) is 15.2 Å². The number of likely N-dealkylation sites (N-methyl/N-ethyl adjacent to an activating group) is 1. The van der Waals surface area contributed by atoms with Crippen LogP contribution >= 0.6 is 0 Å². The van der Waals surface area contributed by atoms with Crippen molar-refractivity contribution in [3.63, 3.8) is 0 Å². The van der Waals surface area contributed by atoms with Crippen LogP contribution in [0.15, 0.2) is 78.1 Å². The summed E-state index contributed by atoms with van der Waals surface area (Å²) in [6.45, 7) is 0.627. The minimum Gasteiger partial charge on any atom is -0.494 e. The fourth-order valence-corrected chi connectivity index (χ4v) is 3.75. The fraction of sp³-hybridized carbons (Fsp3) is 0.138. The van der Waals surface area contributed by atoms with Crippen LogP contribution in [0.3, 0.4) is 0 Å². The molecular formula is C29H28N8O3. The van der Waals surface area contributed by atoms with Crippen molar-refractivity contribution in [1.82, 2.24) is 14.9 Å². The Kier molecular flexibility index (Phi) is 8.86. The van der Waals surface area contributed by atoms with Crippen molar-refractivity contribution in [3.8, 4) is 23.3 Å². The minimum absolute atomic E-state index is 0.301. The third-order valence-corrected chi connectivity index (χ3v) is 5.59. The summed E-state index contributed by atoms with van der Waals surface area (Å²) in [5.41, 5.74) is 7.98. The Balaban J connectivity index is 1.61. The van der Waals surface area contributed by atoms with Crippen LogP contribution in [0.1, 0.15) is 5.56 Å². The first-order valence-electron chi connectivity index (χ1n) is 12.2. The summed E-state index contributed by atoms with van der Waals surface area (Å²) in [6, 6.07) is 16.3. The van der Waals surface area contributed by atoms with Crippen LogP contribution in [0.25, 0.3) is 10.9 Å². The minimum atomic E-state index is -0.301. The zero-order valence-electron chi connectivity index (χ0n) is 22.3. The van der Waals surface area contributed by atoms with Crippen LogP contribution < -0.4 is 25.8 Å². The standard InChI is InChI=1S/C29H28N8O3/c1-37(2)12-4-5-28(38)36-25-14-23-24(15-26(25)39-3)33-17-19(16-30)29(23)35-20-6-8-21(9-7-20)40-22-10-11-32-27(13-22)34-18-31/h4-11,13-15,17-18H,12H2,1-3H3,(H,33,35)(H,36,38)(H2,31,32,34)/b5-4+. The molecule has 0 bridgehead atoms. The highest BCUT2D eigenvalue weighted by molar-refractivity contribution is 6.04. The lowest BCUT2D eigenvalue weighted by atomic mass is 10.1. The first-order chi connectivity index (χ1) is 19.4. The number of amides is 1. The molecule has 0 aliphatic rings. The number of carbonyl (C=O) groups excluding carboxylic acids is 1. The number of ether oxygens (including phenoxy) is 2. The van der Waals surface area contributed by atoms with Crippen LogP contribution in [0, 0.1) is 11.3 Å². The molecule has 0 aliphatic carbocycles. The Labute approximate surface area is 231 Å². The molecule has 2 heterocycles. The van der Waals surface area contributed by atoms with Crippen molar-refractivity contribution < 1.29 is 14.3 Å². The van der Waals surface area contributed by atoms with E-state index in [1.807, 2.05) is 31.1 Å². The number of aliphatic imine (C=N–C) groups is 1. The summed E-state index contributed by atoms with van der Waals surface area (Å²) >= 11 is 0. The zero-order chi connectivity index (χ0) is 28.5. The van der Waals surface area contributed by atoms with E-state index < -0.39 is 0 Å². The van der Waals surface area contributed by atoms with Gasteiger partial charge >= 0.3 is 0 Å². The summed E-state index contributed by atoms with van der Waals surface area (Å²) < 4.78 is 11.4. The van der Waals surface area contributed by atoms with Gasteiger partial charge in [0, 0.05) is 48.2 Å². The number of nitrogens with one attached hydrogen (secondary N) is 2. The molecule has 4 rings (SSSR count). The maximum absolute atomic E-state index is 12.5. The van der Waals surface area contributed by atoms with Gasteiger partial charge in [-0.15, -0.1) is 0 Å². The second kappa shape index (κ2) is 12.9. The number of nitrogens with two attached hydrogens (primary N) is 1. The lowest BCUT2D eigenvalue weighted by molar-refractivity contribution is -0.111. The highest BCUT2D eigenvalue weighted by Gasteiger charge is 2.15. The molecule has 11 nitrogen and oxygen atoms in total. The van der Waals surface area contributed by atoms with Gasteiger partial charge in [0.2, 0.25) is 5.91 Å². The van der Waals surface area contributed by atoms with Crippen LogP contribution in [-0.2, 0) is 4.79 Å². The number of aromatic nitrogens is 2. The van der Waals surface area contributed by atoms with Crippen molar-refractivity contribution in [2.24, 2.45) is 10.7 Å². The molecule has 2 aromatic heterocycles. The number of hydrogen-bond donors (Lipinski definition) is 3. The Bertz CT molecular complexity index is 1610. The summed E-state index contributed by atoms with van der Waals surface area (Å²) in [5.74, 6) is 1.73. The van der Waals surface area contributed by atoms with Gasteiger partial charge in [-0.3, -0.25) is 9.78 Å². The maximum atomic E-state index is 12.5. The number of carbonyl (C=O) groups is 1. The van der Waals surface area contributed by atoms with Gasteiger partial charge in [-0.2, -0.15) is 5.26 Å². The van der Waals surface area contributed by atoms with Gasteiger partial charge in [0.15, 0.2) is 5.82 Å². The molecule has 0 aliphatic heterocycles. The maximum Gasteiger partial charge on any atom is 0.248 e. The fourth-order valence-electron chi connectivity index (χ4n) is 3.75. The molecule has 11 heteroatoms. The highest BCUT2D eigenvalue weighted by Crippen LogP contribution is 2.36. The van der Waals surface area contributed by atoms with E-state index in [-0.39, 0.29) is 5.91 Å². The Hall–Kier alpha value is -5.47. The van der Waals surface area contributed by atoms with Gasteiger partial charge < -0.3 is 30.7 Å². The number of hydrogen-bond acceptors (Lipinski definition) is 9. The first-order valence-corrected chi connectivity index (χ1v) is 12.2. The Morgan fingerprint density at radius 3 is 2.65 bits per heavy atom. The molecule has 1 amide bonds. The van der Waals surface area contributed by atoms with E-state index in [0.717, 1.165) is 0 Å². The van der Waals surface area contributed by atoms with Gasteiger partial charge in [0.25, 0.3) is 0 Å². The lowest BCUT2D eigenvalue weighted by Gasteiger charge is -2.15. The number of nitrogens with zero attached hydrogens (tertiary/aromatic N) is 5. The van der Waals surface area contributed by atoms with E-state index in [1.54, 1.807) is 48.7 Å². The molecule has 0 fully saturated rings. The summed E-state index contributed by atoms with van der Waals surface area (Å²) in [7, 11) is 5.35. The predicted molar refractivity (Wildman–Crippen MR) is 156 cm³/mol. The van der Waals surface area contributed by atoms with E-state index in [1.165, 1.54) is 25.7 Å². The van der Waals surface area contributed by atoms with Gasteiger partial charge in [-0.25, -0.2) is 9.98 Å². The largest absolute Gasteiger partial charge is 0.494 e. The number of nitriles is 1. The zero-order valence-corrected chi connectivity index (χ0v) is 22.3. The van der Waals surface area contributed by atoms with Crippen molar-refractivity contribution in [3.05, 3.63) is 78.6 Å². The van der Waals surface area contributed by atoms with Crippen LogP contribution in [0.5, 0.6) is 17.2 Å². The number of anilines is 3. The smallest absolute Gasteiger partial charge is 0.248 e. The van der Waals surface area contributed by atoms with Gasteiger partial charge in [-0.05, 0) is 50.5 Å². The molecule has 0 saturated heterocycles. The average Bonchev–Trinajstić information content (AvgIpc) is 2.94. The van der Waals surface area contributed by atoms with Crippen molar-refractivity contribution in [2.75, 3.05) is 38.4 Å². The summed E-state index contributed by atoms with van der Waals surface area (Å²) in [5, 5.41) is 16.6. The lowest BCUT2D eigenvalue weighted by Crippen LogP contribution is -2.13. The van der Waals surface area contributed by atoms with Crippen LogP contribution in [-0.4, -0.2) is 54.9 Å². The molecule has 2 aromatic carbocycles. The molecular weight excluding hydrogens is 508 g/mol. The highest BCUT2D eigenvalue weighted by atomic mass is 16.5. The molecule has 202 valence electrons. The SMILES string of the molecule is COc1cc2ncc(C#N)c(Nc3ccc(Oc4ccnc(N=CN)c4)cc3)c2cc1NC(=O)/C=C/CN(C)C. The van der Waals surface area contributed by atoms with E-state index >= 15 is 0 Å². The summed E-state index contributed by atoms with van der Waals surface area (Å²) in [4.78, 5) is 26.9. The monoisotopic (exact) mass is 536 g/mol. The third-order valence-electron chi connectivity index (χ3n) is 5.59. The summed E-state index contributed by atoms with van der Waals surface area (Å²) in [6.07, 6.45) is 7.47. The molecule has 0 radical (unpaired) electrons. The number of rotatable bonds is 10. The number of benzene rings is 2. The second-order valence-electron chi connectivity index (χ2n) is 8.76. The van der Waals surface area contributed by atoms with Crippen molar-refractivity contribution >= 4 is 46.0 Å². The van der Waals surface area contributed by atoms with E-state index in [2.05, 4.69) is 31.7 Å². The van der Waals surface area contributed by atoms with Crippen molar-refractivity contribution in [2.45, 2.75) is 0 Å². The topological polar surface area (TPSA) is 151 Å². The average molecular weight is 537 g/mol. The van der Waals surface area contributed by atoms with Gasteiger partial charge in [-0.1, -0.05) is 6.08 Å². The molecule has 0 spiro atoms. The molecule has 40 heavy (non-hydrogen) atoms. The molecule has 4 N–H and O–H groups in total. The number of pyridine rings is 2. The van der Waals surface area contributed by atoms with Crippen LogP contribution in [0.2, 0.25) is 0 Å². The van der Waals surface area contributed by atoms with E-state index in [9.17, 15) is 10.1 Å². The molecule has 4 aromatic rings. The second-order valence-corrected chi connectivity index (χ2v) is 8.76. The van der Waals surface area contributed by atoms with E-state index in [0.29, 0.717) is 63.1 Å². The molecule has 0 saturated carbocycles. The normalized spacial score (nSPS) is 11.2. The first kappa shape index (κ1) is 27.6. The molecule has 0 unspecified atom stereocenters. The number of methoxy groups -OCH3 is 1. The third kappa shape index (κ3) is 6.89. The van der Waals surface area contributed by atoms with Gasteiger partial charge in [0.1, 0.15) is 23.3 Å². The van der Waals surface area contributed by atoms with Crippen LogP contribution in [0.4, 0.5) is 22.9 Å². The number of fused-ring (bicyclic) bond motifs is 1. The van der Waals surface area contributed by atoms with Crippen molar-refractivity contribution in [1.29, 1.82) is 5.26 Å². The molecule has 0 atom stereocenters. The van der Waals surface area contributed by atoms with Gasteiger partial charge in [0.05, 0.1) is 35.9 Å². The quantitative estimate of drug-likeness (QED) is 0.149. The predicted octanol–water partition coefficient (Wildman–Crippen LogP) is 4.72. The Morgan fingerprint density at radius 1 is 1.15 bits per heavy atom.